The standard InChI is InChI=1S/C17H22N2OS/c1-3-8-18-14(10-17-19-12(2)11-21-17)16-9-13-6-4-5-7-15(13)20-16/h4-7,11,14,16,18H,3,8-10H2,1-2H3. The van der Waals surface area contributed by atoms with Crippen LogP contribution in [-0.4, -0.2) is 23.7 Å². The molecule has 3 nitrogen and oxygen atoms in total. The molecule has 0 bridgehead atoms. The Balaban J connectivity index is 1.71. The molecule has 21 heavy (non-hydrogen) atoms. The smallest absolute Gasteiger partial charge is 0.123 e. The molecule has 0 radical (unpaired) electrons. The molecule has 1 N–H and O–H groups in total. The lowest BCUT2D eigenvalue weighted by atomic mass is 10.0. The average Bonchev–Trinajstić information content (AvgIpc) is 3.09. The summed E-state index contributed by atoms with van der Waals surface area (Å²) in [6.45, 7) is 5.27. The van der Waals surface area contributed by atoms with Gasteiger partial charge in [-0.05, 0) is 31.5 Å². The number of para-hydroxylation sites is 1. The van der Waals surface area contributed by atoms with Gasteiger partial charge in [0.05, 0.1) is 11.0 Å². The molecule has 2 unspecified atom stereocenters. The van der Waals surface area contributed by atoms with Crippen molar-refractivity contribution in [1.82, 2.24) is 10.3 Å². The van der Waals surface area contributed by atoms with Crippen LogP contribution in [0.5, 0.6) is 5.75 Å². The molecule has 0 saturated carbocycles. The zero-order valence-electron chi connectivity index (χ0n) is 12.6. The van der Waals surface area contributed by atoms with E-state index in [2.05, 4.69) is 47.7 Å². The van der Waals surface area contributed by atoms with Gasteiger partial charge in [0.15, 0.2) is 0 Å². The maximum atomic E-state index is 6.16. The molecule has 4 heteroatoms. The van der Waals surface area contributed by atoms with E-state index in [-0.39, 0.29) is 6.10 Å². The van der Waals surface area contributed by atoms with Gasteiger partial charge in [0.2, 0.25) is 0 Å². The fourth-order valence-corrected chi connectivity index (χ4v) is 3.61. The highest BCUT2D eigenvalue weighted by Crippen LogP contribution is 2.30. The second-order valence-corrected chi connectivity index (χ2v) is 6.56. The lowest BCUT2D eigenvalue weighted by Gasteiger charge is -2.23. The molecule has 0 amide bonds. The van der Waals surface area contributed by atoms with Gasteiger partial charge < -0.3 is 10.1 Å². The molecule has 2 aromatic rings. The molecule has 112 valence electrons. The minimum absolute atomic E-state index is 0.207. The molecule has 1 aliphatic rings. The van der Waals surface area contributed by atoms with Crippen molar-refractivity contribution in [3.05, 3.63) is 45.9 Å². The summed E-state index contributed by atoms with van der Waals surface area (Å²) in [5.41, 5.74) is 2.43. The molecule has 0 aliphatic carbocycles. The lowest BCUT2D eigenvalue weighted by molar-refractivity contribution is 0.177. The van der Waals surface area contributed by atoms with Crippen LogP contribution in [0.25, 0.3) is 0 Å². The van der Waals surface area contributed by atoms with Crippen molar-refractivity contribution in [3.63, 3.8) is 0 Å². The first-order valence-corrected chi connectivity index (χ1v) is 8.53. The number of nitrogens with one attached hydrogen (secondary N) is 1. The molecule has 0 fully saturated rings. The summed E-state index contributed by atoms with van der Waals surface area (Å²) >= 11 is 1.75. The number of hydrogen-bond acceptors (Lipinski definition) is 4. The predicted octanol–water partition coefficient (Wildman–Crippen LogP) is 3.37. The third kappa shape index (κ3) is 3.44. The molecule has 1 aromatic heterocycles. The van der Waals surface area contributed by atoms with E-state index in [1.54, 1.807) is 11.3 Å². The van der Waals surface area contributed by atoms with Gasteiger partial charge in [-0.1, -0.05) is 25.1 Å². The second kappa shape index (κ2) is 6.58. The molecule has 1 aromatic carbocycles. The number of nitrogens with zero attached hydrogens (tertiary/aromatic N) is 1. The Hall–Kier alpha value is -1.39. The number of ether oxygens (including phenoxy) is 1. The van der Waals surface area contributed by atoms with Crippen LogP contribution in [0.2, 0.25) is 0 Å². The van der Waals surface area contributed by atoms with Crippen molar-refractivity contribution in [2.24, 2.45) is 0 Å². The van der Waals surface area contributed by atoms with Crippen LogP contribution in [0, 0.1) is 6.92 Å². The van der Waals surface area contributed by atoms with Gasteiger partial charge in [-0.25, -0.2) is 4.98 Å². The van der Waals surface area contributed by atoms with Gasteiger partial charge in [-0.15, -0.1) is 11.3 Å². The third-order valence-corrected chi connectivity index (χ3v) is 4.83. The van der Waals surface area contributed by atoms with Crippen molar-refractivity contribution < 1.29 is 4.74 Å². The summed E-state index contributed by atoms with van der Waals surface area (Å²) < 4.78 is 6.16. The molecular weight excluding hydrogens is 280 g/mol. The van der Waals surface area contributed by atoms with Gasteiger partial charge in [-0.3, -0.25) is 0 Å². The SMILES string of the molecule is CCCNC(Cc1nc(C)cs1)C1Cc2ccccc2O1. The average molecular weight is 302 g/mol. The van der Waals surface area contributed by atoms with Crippen molar-refractivity contribution in [1.29, 1.82) is 0 Å². The second-order valence-electron chi connectivity index (χ2n) is 5.62. The van der Waals surface area contributed by atoms with Gasteiger partial charge in [-0.2, -0.15) is 0 Å². The summed E-state index contributed by atoms with van der Waals surface area (Å²) in [6.07, 6.45) is 3.27. The highest BCUT2D eigenvalue weighted by Gasteiger charge is 2.30. The Morgan fingerprint density at radius 3 is 3.00 bits per heavy atom. The maximum absolute atomic E-state index is 6.16. The minimum Gasteiger partial charge on any atom is -0.488 e. The zero-order valence-corrected chi connectivity index (χ0v) is 13.5. The van der Waals surface area contributed by atoms with Crippen molar-refractivity contribution >= 4 is 11.3 Å². The van der Waals surface area contributed by atoms with Gasteiger partial charge in [0.1, 0.15) is 11.9 Å². The highest BCUT2D eigenvalue weighted by atomic mass is 32.1. The minimum atomic E-state index is 0.207. The highest BCUT2D eigenvalue weighted by molar-refractivity contribution is 7.09. The van der Waals surface area contributed by atoms with Crippen LogP contribution in [0.1, 0.15) is 29.6 Å². The summed E-state index contributed by atoms with van der Waals surface area (Å²) in [7, 11) is 0. The van der Waals surface area contributed by atoms with E-state index in [0.717, 1.165) is 37.3 Å². The van der Waals surface area contributed by atoms with Crippen molar-refractivity contribution in [2.45, 2.75) is 45.3 Å². The number of fused-ring (bicyclic) bond motifs is 1. The van der Waals surface area contributed by atoms with Gasteiger partial charge in [0.25, 0.3) is 0 Å². The summed E-state index contributed by atoms with van der Waals surface area (Å²) in [5.74, 6) is 1.04. The van der Waals surface area contributed by atoms with Crippen LogP contribution >= 0.6 is 11.3 Å². The fraction of sp³-hybridized carbons (Fsp3) is 0.471. The largest absolute Gasteiger partial charge is 0.488 e. The monoisotopic (exact) mass is 302 g/mol. The van der Waals surface area contributed by atoms with E-state index in [9.17, 15) is 0 Å². The molecule has 2 heterocycles. The van der Waals surface area contributed by atoms with E-state index < -0.39 is 0 Å². The Morgan fingerprint density at radius 2 is 2.29 bits per heavy atom. The topological polar surface area (TPSA) is 34.2 Å². The maximum Gasteiger partial charge on any atom is 0.123 e. The van der Waals surface area contributed by atoms with Crippen molar-refractivity contribution in [3.8, 4) is 5.75 Å². The Bertz CT molecular complexity index is 571. The fourth-order valence-electron chi connectivity index (χ4n) is 2.78. The molecular formula is C17H22N2OS. The first kappa shape index (κ1) is 14.5. The number of aromatic nitrogens is 1. The quantitative estimate of drug-likeness (QED) is 0.888. The predicted molar refractivity (Wildman–Crippen MR) is 87.2 cm³/mol. The number of hydrogen-bond donors (Lipinski definition) is 1. The van der Waals surface area contributed by atoms with Gasteiger partial charge >= 0.3 is 0 Å². The molecule has 2 atom stereocenters. The molecule has 1 aliphatic heterocycles. The lowest BCUT2D eigenvalue weighted by Crippen LogP contribution is -2.44. The van der Waals surface area contributed by atoms with Crippen LogP contribution in [0.4, 0.5) is 0 Å². The Morgan fingerprint density at radius 1 is 1.43 bits per heavy atom. The van der Waals surface area contributed by atoms with E-state index in [0.29, 0.717) is 6.04 Å². The summed E-state index contributed by atoms with van der Waals surface area (Å²) in [6, 6.07) is 8.69. The van der Waals surface area contributed by atoms with Crippen LogP contribution in [0.3, 0.4) is 0 Å². The summed E-state index contributed by atoms with van der Waals surface area (Å²) in [4.78, 5) is 4.60. The Labute approximate surface area is 130 Å². The van der Waals surface area contributed by atoms with E-state index in [1.165, 1.54) is 10.6 Å². The molecule has 3 rings (SSSR count). The Kier molecular flexibility index (Phi) is 4.56. The summed E-state index contributed by atoms with van der Waals surface area (Å²) in [5, 5.41) is 6.96. The van der Waals surface area contributed by atoms with Gasteiger partial charge in [0, 0.05) is 23.9 Å². The van der Waals surface area contributed by atoms with E-state index in [4.69, 9.17) is 4.74 Å². The van der Waals surface area contributed by atoms with Crippen LogP contribution in [0.15, 0.2) is 29.6 Å². The number of aryl methyl sites for hydroxylation is 1. The first-order valence-electron chi connectivity index (χ1n) is 7.65. The van der Waals surface area contributed by atoms with E-state index >= 15 is 0 Å². The third-order valence-electron chi connectivity index (χ3n) is 3.84. The number of thiazole rings is 1. The number of benzene rings is 1. The normalized spacial score (nSPS) is 18.3. The molecule has 0 saturated heterocycles. The number of rotatable bonds is 6. The molecule has 0 spiro atoms. The van der Waals surface area contributed by atoms with E-state index in [1.807, 2.05) is 6.07 Å². The van der Waals surface area contributed by atoms with Crippen molar-refractivity contribution in [2.75, 3.05) is 6.54 Å². The van der Waals surface area contributed by atoms with Crippen LogP contribution in [-0.2, 0) is 12.8 Å². The zero-order chi connectivity index (χ0) is 14.7. The first-order chi connectivity index (χ1) is 10.3. The van der Waals surface area contributed by atoms with Crippen LogP contribution < -0.4 is 10.1 Å².